The van der Waals surface area contributed by atoms with E-state index in [0.717, 1.165) is 37.7 Å². The molecule has 1 aliphatic carbocycles. The molecule has 0 unspecified atom stereocenters. The molecular weight excluding hydrogens is 372 g/mol. The van der Waals surface area contributed by atoms with Crippen LogP contribution in [-0.4, -0.2) is 61.8 Å². The fourth-order valence-electron chi connectivity index (χ4n) is 4.64. The van der Waals surface area contributed by atoms with Crippen molar-refractivity contribution in [1.82, 2.24) is 19.7 Å². The monoisotopic (exact) mass is 398 g/mol. The molecule has 0 bridgehead atoms. The molecule has 1 N–H and O–H groups in total. The smallest absolute Gasteiger partial charge is 0.413 e. The van der Waals surface area contributed by atoms with Crippen LogP contribution in [0.2, 0.25) is 0 Å². The standard InChI is InChI=1S/C21H26N4O4/c26-18-9-12-24(21(28)29)17-14-23(11-8-15-5-4-10-22-13-15)20(27)19(25(17)18)16-6-2-1-3-7-16/h4-5,10,13-14,16,19H,1-3,6-9,11-12H2,(H,28,29)/t19-/m0/s1. The van der Waals surface area contributed by atoms with Gasteiger partial charge in [-0.15, -0.1) is 0 Å². The zero-order chi connectivity index (χ0) is 20.4. The van der Waals surface area contributed by atoms with E-state index in [1.54, 1.807) is 23.5 Å². The van der Waals surface area contributed by atoms with Gasteiger partial charge in [0.2, 0.25) is 11.8 Å². The summed E-state index contributed by atoms with van der Waals surface area (Å²) in [5, 5.41) is 9.66. The summed E-state index contributed by atoms with van der Waals surface area (Å²) >= 11 is 0. The molecule has 0 radical (unpaired) electrons. The van der Waals surface area contributed by atoms with Crippen LogP contribution in [0.1, 0.15) is 44.1 Å². The zero-order valence-electron chi connectivity index (χ0n) is 16.4. The maximum Gasteiger partial charge on any atom is 0.413 e. The van der Waals surface area contributed by atoms with Crippen molar-refractivity contribution in [3.05, 3.63) is 42.1 Å². The predicted molar refractivity (Wildman–Crippen MR) is 104 cm³/mol. The van der Waals surface area contributed by atoms with Crippen LogP contribution in [0, 0.1) is 5.92 Å². The maximum atomic E-state index is 13.4. The summed E-state index contributed by atoms with van der Waals surface area (Å²) in [4.78, 5) is 46.4. The lowest BCUT2D eigenvalue weighted by atomic mass is 9.81. The largest absolute Gasteiger partial charge is 0.465 e. The summed E-state index contributed by atoms with van der Waals surface area (Å²) < 4.78 is 0. The normalized spacial score (nSPS) is 23.1. The summed E-state index contributed by atoms with van der Waals surface area (Å²) in [7, 11) is 0. The highest BCUT2D eigenvalue weighted by Crippen LogP contribution is 2.36. The number of amides is 3. The van der Waals surface area contributed by atoms with Crippen molar-refractivity contribution in [3.8, 4) is 0 Å². The fraction of sp³-hybridized carbons (Fsp3) is 0.524. The molecule has 3 heterocycles. The van der Waals surface area contributed by atoms with Crippen LogP contribution < -0.4 is 0 Å². The molecule has 2 aliphatic heterocycles. The lowest BCUT2D eigenvalue weighted by Gasteiger charge is -2.48. The molecule has 0 spiro atoms. The molecule has 1 aromatic heterocycles. The Hall–Kier alpha value is -2.90. The number of nitrogens with zero attached hydrogens (tertiary/aromatic N) is 4. The second-order valence-electron chi connectivity index (χ2n) is 7.92. The van der Waals surface area contributed by atoms with Crippen molar-refractivity contribution in [2.24, 2.45) is 5.92 Å². The van der Waals surface area contributed by atoms with E-state index in [1.165, 1.54) is 9.80 Å². The van der Waals surface area contributed by atoms with Gasteiger partial charge in [0.05, 0.1) is 0 Å². The summed E-state index contributed by atoms with van der Waals surface area (Å²) in [5.41, 5.74) is 1.00. The first-order valence-electron chi connectivity index (χ1n) is 10.3. The summed E-state index contributed by atoms with van der Waals surface area (Å²) in [5.74, 6) is 0.114. The lowest BCUT2D eigenvalue weighted by Crippen LogP contribution is -2.62. The highest BCUT2D eigenvalue weighted by molar-refractivity contribution is 5.93. The summed E-state index contributed by atoms with van der Waals surface area (Å²) in [6.45, 7) is 0.547. The number of carbonyl (C=O) groups excluding carboxylic acids is 2. The Morgan fingerprint density at radius 3 is 2.69 bits per heavy atom. The van der Waals surface area contributed by atoms with Gasteiger partial charge in [0, 0.05) is 38.1 Å². The average molecular weight is 398 g/mol. The quantitative estimate of drug-likeness (QED) is 0.841. The van der Waals surface area contributed by atoms with Crippen LogP contribution in [-0.2, 0) is 16.0 Å². The summed E-state index contributed by atoms with van der Waals surface area (Å²) in [6.07, 6.45) is 9.61. The van der Waals surface area contributed by atoms with Crippen LogP contribution in [0.5, 0.6) is 0 Å². The number of aromatic nitrogens is 1. The van der Waals surface area contributed by atoms with E-state index in [4.69, 9.17) is 0 Å². The molecule has 1 aromatic rings. The van der Waals surface area contributed by atoms with Crippen molar-refractivity contribution in [3.63, 3.8) is 0 Å². The molecule has 154 valence electrons. The Kier molecular flexibility index (Phi) is 5.51. The lowest BCUT2D eigenvalue weighted by molar-refractivity contribution is -0.151. The second kappa shape index (κ2) is 8.23. The molecule has 8 heteroatoms. The van der Waals surface area contributed by atoms with Gasteiger partial charge in [0.1, 0.15) is 11.9 Å². The molecule has 1 atom stereocenters. The van der Waals surface area contributed by atoms with Gasteiger partial charge in [0.25, 0.3) is 0 Å². The first kappa shape index (κ1) is 19.4. The number of carboxylic acid groups (broad SMARTS) is 1. The molecule has 3 amide bonds. The van der Waals surface area contributed by atoms with Crippen molar-refractivity contribution < 1.29 is 19.5 Å². The van der Waals surface area contributed by atoms with Crippen LogP contribution in [0.15, 0.2) is 36.5 Å². The number of hydrogen-bond acceptors (Lipinski definition) is 4. The van der Waals surface area contributed by atoms with Gasteiger partial charge in [-0.05, 0) is 36.8 Å². The molecule has 8 nitrogen and oxygen atoms in total. The molecular formula is C21H26N4O4. The minimum atomic E-state index is -1.10. The topological polar surface area (TPSA) is 94.0 Å². The van der Waals surface area contributed by atoms with E-state index >= 15 is 0 Å². The van der Waals surface area contributed by atoms with Crippen LogP contribution >= 0.6 is 0 Å². The van der Waals surface area contributed by atoms with E-state index < -0.39 is 12.1 Å². The maximum absolute atomic E-state index is 13.4. The molecule has 1 saturated carbocycles. The fourth-order valence-corrected chi connectivity index (χ4v) is 4.64. The first-order valence-corrected chi connectivity index (χ1v) is 10.3. The number of fused-ring (bicyclic) bond motifs is 1. The Morgan fingerprint density at radius 2 is 2.00 bits per heavy atom. The number of rotatable bonds is 4. The third-order valence-corrected chi connectivity index (χ3v) is 6.12. The Bertz CT molecular complexity index is 819. The van der Waals surface area contributed by atoms with E-state index in [-0.39, 0.29) is 30.7 Å². The minimum absolute atomic E-state index is 0.0681. The van der Waals surface area contributed by atoms with Crippen LogP contribution in [0.3, 0.4) is 0 Å². The Labute approximate surface area is 169 Å². The molecule has 3 aliphatic rings. The minimum Gasteiger partial charge on any atom is -0.465 e. The van der Waals surface area contributed by atoms with E-state index in [1.807, 2.05) is 12.1 Å². The van der Waals surface area contributed by atoms with Gasteiger partial charge in [0.15, 0.2) is 0 Å². The SMILES string of the molecule is O=C1[C@H](C2CCCCC2)N2C(=O)CCN(C(=O)O)C2=CN1CCc1cccnc1. The molecule has 29 heavy (non-hydrogen) atoms. The van der Waals surface area contributed by atoms with E-state index in [9.17, 15) is 19.5 Å². The van der Waals surface area contributed by atoms with E-state index in [2.05, 4.69) is 4.98 Å². The highest BCUT2D eigenvalue weighted by Gasteiger charge is 2.47. The predicted octanol–water partition coefficient (Wildman–Crippen LogP) is 2.43. The molecule has 4 rings (SSSR count). The van der Waals surface area contributed by atoms with Gasteiger partial charge in [-0.2, -0.15) is 0 Å². The van der Waals surface area contributed by atoms with E-state index in [0.29, 0.717) is 18.8 Å². The van der Waals surface area contributed by atoms with Crippen LogP contribution in [0.4, 0.5) is 4.79 Å². The zero-order valence-corrected chi connectivity index (χ0v) is 16.4. The van der Waals surface area contributed by atoms with Gasteiger partial charge < -0.3 is 10.0 Å². The van der Waals surface area contributed by atoms with Crippen molar-refractivity contribution in [2.75, 3.05) is 13.1 Å². The van der Waals surface area contributed by atoms with Gasteiger partial charge in [-0.1, -0.05) is 25.3 Å². The molecule has 1 saturated heterocycles. The van der Waals surface area contributed by atoms with Gasteiger partial charge in [-0.3, -0.25) is 24.4 Å². The number of pyridine rings is 1. The first-order chi connectivity index (χ1) is 14.1. The average Bonchev–Trinajstić information content (AvgIpc) is 2.74. The number of hydrogen-bond donors (Lipinski definition) is 1. The number of carbonyl (C=O) groups is 3. The van der Waals surface area contributed by atoms with Crippen molar-refractivity contribution in [1.29, 1.82) is 0 Å². The molecule has 2 fully saturated rings. The highest BCUT2D eigenvalue weighted by atomic mass is 16.4. The second-order valence-corrected chi connectivity index (χ2v) is 7.92. The third kappa shape index (κ3) is 3.83. The van der Waals surface area contributed by atoms with Crippen LogP contribution in [0.25, 0.3) is 0 Å². The third-order valence-electron chi connectivity index (χ3n) is 6.12. The Morgan fingerprint density at radius 1 is 1.21 bits per heavy atom. The van der Waals surface area contributed by atoms with Gasteiger partial charge >= 0.3 is 6.09 Å². The molecule has 0 aromatic carbocycles. The van der Waals surface area contributed by atoms with Gasteiger partial charge in [-0.25, -0.2) is 4.79 Å². The Balaban J connectivity index is 1.66. The van der Waals surface area contributed by atoms with Crippen molar-refractivity contribution >= 4 is 17.9 Å². The summed E-state index contributed by atoms with van der Waals surface area (Å²) in [6, 6.07) is 3.19. The van der Waals surface area contributed by atoms with Crippen molar-refractivity contribution in [2.45, 2.75) is 51.0 Å².